The normalized spacial score (nSPS) is 23.6. The molecule has 0 amide bonds. The highest BCUT2D eigenvalue weighted by Gasteiger charge is 2.36. The van der Waals surface area contributed by atoms with Crippen molar-refractivity contribution < 1.29 is 23.1 Å². The molecule has 2 atom stereocenters. The van der Waals surface area contributed by atoms with Crippen LogP contribution < -0.4 is 5.32 Å². The van der Waals surface area contributed by atoms with E-state index in [0.29, 0.717) is 5.56 Å². The minimum Gasteiger partial charge on any atom is -0.478 e. The average molecular weight is 287 g/mol. The van der Waals surface area contributed by atoms with Crippen molar-refractivity contribution in [2.24, 2.45) is 5.92 Å². The lowest BCUT2D eigenvalue weighted by Gasteiger charge is -2.30. The Hall–Kier alpha value is -1.56. The first kappa shape index (κ1) is 14.8. The second-order valence-electron chi connectivity index (χ2n) is 5.18. The first-order valence-electron chi connectivity index (χ1n) is 6.46. The first-order valence-corrected chi connectivity index (χ1v) is 6.46. The van der Waals surface area contributed by atoms with Gasteiger partial charge in [0.05, 0.1) is 11.1 Å². The predicted octanol–water partition coefficient (Wildman–Crippen LogP) is 3.12. The first-order chi connectivity index (χ1) is 9.30. The number of piperidine rings is 1. The molecular weight excluding hydrogens is 271 g/mol. The lowest BCUT2D eigenvalue weighted by atomic mass is 9.81. The number of hydrogen-bond donors (Lipinski definition) is 2. The van der Waals surface area contributed by atoms with Crippen LogP contribution in [0.5, 0.6) is 0 Å². The van der Waals surface area contributed by atoms with Gasteiger partial charge in [0.25, 0.3) is 0 Å². The Bertz CT molecular complexity index is 514. The van der Waals surface area contributed by atoms with Crippen LogP contribution in [0.4, 0.5) is 13.2 Å². The second-order valence-corrected chi connectivity index (χ2v) is 5.18. The Morgan fingerprint density at radius 2 is 2.10 bits per heavy atom. The number of nitrogens with one attached hydrogen (secondary N) is 1. The third-order valence-corrected chi connectivity index (χ3v) is 3.79. The van der Waals surface area contributed by atoms with Crippen LogP contribution in [0.15, 0.2) is 18.2 Å². The minimum atomic E-state index is -4.65. The molecule has 0 radical (unpaired) electrons. The zero-order chi connectivity index (χ0) is 14.9. The highest BCUT2D eigenvalue weighted by molar-refractivity contribution is 5.90. The molecule has 1 aromatic carbocycles. The van der Waals surface area contributed by atoms with Crippen LogP contribution in [0, 0.1) is 5.92 Å². The summed E-state index contributed by atoms with van der Waals surface area (Å²) in [7, 11) is 0. The smallest absolute Gasteiger partial charge is 0.417 e. The summed E-state index contributed by atoms with van der Waals surface area (Å²) in [6.07, 6.45) is -3.85. The van der Waals surface area contributed by atoms with Crippen molar-refractivity contribution in [2.45, 2.75) is 25.4 Å². The Morgan fingerprint density at radius 1 is 1.40 bits per heavy atom. The average Bonchev–Trinajstić information content (AvgIpc) is 2.37. The molecule has 3 nitrogen and oxygen atoms in total. The second kappa shape index (κ2) is 5.44. The molecule has 2 rings (SSSR count). The summed E-state index contributed by atoms with van der Waals surface area (Å²) in [6.45, 7) is 3.58. The Labute approximate surface area is 114 Å². The Kier molecular flexibility index (Phi) is 4.04. The molecule has 0 aromatic heterocycles. The highest BCUT2D eigenvalue weighted by Crippen LogP contribution is 2.36. The molecule has 0 saturated carbocycles. The molecule has 1 aromatic rings. The maximum Gasteiger partial charge on any atom is 0.417 e. The fraction of sp³-hybridized carbons (Fsp3) is 0.500. The van der Waals surface area contributed by atoms with Crippen LogP contribution in [0.3, 0.4) is 0 Å². The van der Waals surface area contributed by atoms with Gasteiger partial charge in [-0.3, -0.25) is 0 Å². The van der Waals surface area contributed by atoms with Crippen molar-refractivity contribution in [3.63, 3.8) is 0 Å². The lowest BCUT2D eigenvalue weighted by molar-refractivity contribution is -0.138. The molecule has 20 heavy (non-hydrogen) atoms. The molecule has 110 valence electrons. The van der Waals surface area contributed by atoms with Crippen molar-refractivity contribution in [1.82, 2.24) is 5.32 Å². The van der Waals surface area contributed by atoms with Gasteiger partial charge in [-0.2, -0.15) is 13.2 Å². The fourth-order valence-electron chi connectivity index (χ4n) is 2.73. The van der Waals surface area contributed by atoms with Gasteiger partial charge in [-0.15, -0.1) is 0 Å². The van der Waals surface area contributed by atoms with Crippen molar-refractivity contribution in [3.05, 3.63) is 34.9 Å². The van der Waals surface area contributed by atoms with Gasteiger partial charge in [-0.1, -0.05) is 13.0 Å². The van der Waals surface area contributed by atoms with Gasteiger partial charge in [-0.25, -0.2) is 4.79 Å². The molecular formula is C14H16F3NO2. The summed E-state index contributed by atoms with van der Waals surface area (Å²) in [6, 6.07) is 3.47. The molecule has 0 unspecified atom stereocenters. The van der Waals surface area contributed by atoms with E-state index in [2.05, 4.69) is 5.32 Å². The summed E-state index contributed by atoms with van der Waals surface area (Å²) < 4.78 is 38.4. The van der Waals surface area contributed by atoms with Crippen molar-refractivity contribution >= 4 is 5.97 Å². The van der Waals surface area contributed by atoms with Crippen LogP contribution in [0.2, 0.25) is 0 Å². The number of halogens is 3. The summed E-state index contributed by atoms with van der Waals surface area (Å²) in [5.41, 5.74) is -1.08. The molecule has 6 heteroatoms. The third-order valence-electron chi connectivity index (χ3n) is 3.79. The van der Waals surface area contributed by atoms with Crippen molar-refractivity contribution in [1.29, 1.82) is 0 Å². The Balaban J connectivity index is 2.42. The van der Waals surface area contributed by atoms with Gasteiger partial charge in [0.2, 0.25) is 0 Å². The van der Waals surface area contributed by atoms with E-state index in [1.54, 1.807) is 0 Å². The van der Waals surface area contributed by atoms with E-state index in [4.69, 9.17) is 5.11 Å². The van der Waals surface area contributed by atoms with Gasteiger partial charge in [0.15, 0.2) is 0 Å². The van der Waals surface area contributed by atoms with E-state index in [-0.39, 0.29) is 11.8 Å². The molecule has 1 heterocycles. The molecule has 0 spiro atoms. The number of aromatic carboxylic acids is 1. The van der Waals surface area contributed by atoms with Crippen molar-refractivity contribution in [3.8, 4) is 0 Å². The number of alkyl halides is 3. The summed E-state index contributed by atoms with van der Waals surface area (Å²) in [4.78, 5) is 11.1. The minimum absolute atomic E-state index is 0.0941. The number of carbonyl (C=O) groups is 1. The van der Waals surface area contributed by atoms with E-state index in [9.17, 15) is 18.0 Å². The number of carboxylic acid groups (broad SMARTS) is 1. The van der Waals surface area contributed by atoms with Crippen molar-refractivity contribution in [2.75, 3.05) is 13.1 Å². The maximum absolute atomic E-state index is 12.8. The molecule has 0 bridgehead atoms. The van der Waals surface area contributed by atoms with E-state index in [0.717, 1.165) is 25.6 Å². The quantitative estimate of drug-likeness (QED) is 0.878. The van der Waals surface area contributed by atoms with Gasteiger partial charge in [-0.05, 0) is 49.0 Å². The molecule has 1 saturated heterocycles. The predicted molar refractivity (Wildman–Crippen MR) is 67.8 cm³/mol. The number of benzene rings is 1. The largest absolute Gasteiger partial charge is 0.478 e. The number of carboxylic acids is 1. The number of hydrogen-bond acceptors (Lipinski definition) is 2. The van der Waals surface area contributed by atoms with Crippen LogP contribution in [-0.2, 0) is 6.18 Å². The topological polar surface area (TPSA) is 49.3 Å². The van der Waals surface area contributed by atoms with Crippen LogP contribution >= 0.6 is 0 Å². The number of rotatable bonds is 2. The Morgan fingerprint density at radius 3 is 2.65 bits per heavy atom. The zero-order valence-corrected chi connectivity index (χ0v) is 11.0. The molecule has 2 N–H and O–H groups in total. The van der Waals surface area contributed by atoms with E-state index in [1.807, 2.05) is 6.92 Å². The summed E-state index contributed by atoms with van der Waals surface area (Å²) >= 11 is 0. The van der Waals surface area contributed by atoms with E-state index >= 15 is 0 Å². The van der Waals surface area contributed by atoms with E-state index < -0.39 is 23.3 Å². The molecule has 1 aliphatic heterocycles. The molecule has 1 aliphatic rings. The standard InChI is InChI=1S/C14H16F3NO2/c1-8-7-18-5-4-10(8)9-2-3-12(14(15,16)17)11(6-9)13(19)20/h2-3,6,8,10,18H,4-5,7H2,1H3,(H,19,20)/t8-,10-/m0/s1. The summed E-state index contributed by atoms with van der Waals surface area (Å²) in [5, 5.41) is 12.2. The van der Waals surface area contributed by atoms with Gasteiger partial charge in [0.1, 0.15) is 0 Å². The van der Waals surface area contributed by atoms with Crippen LogP contribution in [0.25, 0.3) is 0 Å². The monoisotopic (exact) mass is 287 g/mol. The third kappa shape index (κ3) is 2.95. The van der Waals surface area contributed by atoms with Gasteiger partial charge >= 0.3 is 12.1 Å². The van der Waals surface area contributed by atoms with E-state index in [1.165, 1.54) is 12.1 Å². The van der Waals surface area contributed by atoms with Gasteiger partial charge in [0, 0.05) is 0 Å². The summed E-state index contributed by atoms with van der Waals surface area (Å²) in [5.74, 6) is -1.18. The molecule has 1 fully saturated rings. The molecule has 0 aliphatic carbocycles. The van der Waals surface area contributed by atoms with Crippen LogP contribution in [0.1, 0.15) is 40.7 Å². The van der Waals surface area contributed by atoms with Crippen LogP contribution in [-0.4, -0.2) is 24.2 Å². The lowest BCUT2D eigenvalue weighted by Crippen LogP contribution is -2.33. The zero-order valence-electron chi connectivity index (χ0n) is 11.0. The fourth-order valence-corrected chi connectivity index (χ4v) is 2.73. The SMILES string of the molecule is C[C@H]1CNCC[C@@H]1c1ccc(C(F)(F)F)c(C(=O)O)c1. The van der Waals surface area contributed by atoms with Gasteiger partial charge < -0.3 is 10.4 Å². The highest BCUT2D eigenvalue weighted by atomic mass is 19.4. The maximum atomic E-state index is 12.8.